The number of carbonyl (C=O) groups excluding carboxylic acids is 2. The fourth-order valence-corrected chi connectivity index (χ4v) is 2.33. The van der Waals surface area contributed by atoms with Gasteiger partial charge in [0.05, 0.1) is 0 Å². The highest BCUT2D eigenvalue weighted by Crippen LogP contribution is 2.10. The second kappa shape index (κ2) is 11.0. The number of carbonyl (C=O) groups is 2. The molecular weight excluding hydrogens is 276 g/mol. The molecule has 1 aromatic carbocycles. The first-order valence-corrected chi connectivity index (χ1v) is 8.29. The van der Waals surface area contributed by atoms with Crippen LogP contribution in [0.5, 0.6) is 0 Å². The summed E-state index contributed by atoms with van der Waals surface area (Å²) in [5, 5.41) is 2.39. The maximum absolute atomic E-state index is 11.9. The van der Waals surface area contributed by atoms with Crippen molar-refractivity contribution in [3.05, 3.63) is 35.9 Å². The van der Waals surface area contributed by atoms with E-state index in [9.17, 15) is 9.59 Å². The summed E-state index contributed by atoms with van der Waals surface area (Å²) in [4.78, 5) is 23.6. The average molecular weight is 304 g/mol. The summed E-state index contributed by atoms with van der Waals surface area (Å²) in [6.45, 7) is 2.20. The van der Waals surface area contributed by atoms with E-state index in [4.69, 9.17) is 5.73 Å². The molecule has 0 spiro atoms. The molecule has 4 nitrogen and oxygen atoms in total. The molecule has 0 fully saturated rings. The first kappa shape index (κ1) is 18.4. The highest BCUT2D eigenvalue weighted by molar-refractivity contribution is 5.98. The lowest BCUT2D eigenvalue weighted by atomic mass is 10.1. The van der Waals surface area contributed by atoms with E-state index in [0.717, 1.165) is 19.3 Å². The summed E-state index contributed by atoms with van der Waals surface area (Å²) in [5.74, 6) is -0.663. The lowest BCUT2D eigenvalue weighted by Crippen LogP contribution is -2.37. The van der Waals surface area contributed by atoms with E-state index in [0.29, 0.717) is 12.0 Å². The number of benzene rings is 1. The van der Waals surface area contributed by atoms with Crippen molar-refractivity contribution in [2.24, 2.45) is 5.73 Å². The molecule has 4 heteroatoms. The van der Waals surface area contributed by atoms with Crippen LogP contribution in [0.2, 0.25) is 0 Å². The molecule has 2 amide bonds. The standard InChI is InChI=1S/C18H28N2O2/c1-2-3-4-5-6-7-11-14-16(21)20-18(22)17(19)15-12-9-8-10-13-15/h8-10,12-13,17H,2-7,11,14,19H2,1H3,(H,20,21,22). The van der Waals surface area contributed by atoms with Gasteiger partial charge < -0.3 is 5.73 Å². The zero-order chi connectivity index (χ0) is 16.2. The maximum atomic E-state index is 11.9. The normalized spacial score (nSPS) is 11.9. The van der Waals surface area contributed by atoms with Gasteiger partial charge in [-0.3, -0.25) is 14.9 Å². The number of hydrogen-bond donors (Lipinski definition) is 2. The quantitative estimate of drug-likeness (QED) is 0.650. The van der Waals surface area contributed by atoms with Gasteiger partial charge in [0.1, 0.15) is 6.04 Å². The van der Waals surface area contributed by atoms with Gasteiger partial charge in [0.2, 0.25) is 11.8 Å². The molecule has 0 aliphatic rings. The number of rotatable bonds is 10. The van der Waals surface area contributed by atoms with Crippen molar-refractivity contribution in [3.63, 3.8) is 0 Å². The molecule has 22 heavy (non-hydrogen) atoms. The minimum Gasteiger partial charge on any atom is -0.316 e. The van der Waals surface area contributed by atoms with Gasteiger partial charge in [0.15, 0.2) is 0 Å². The molecular formula is C18H28N2O2. The minimum atomic E-state index is -0.792. The molecule has 1 atom stereocenters. The van der Waals surface area contributed by atoms with Crippen molar-refractivity contribution in [1.29, 1.82) is 0 Å². The summed E-state index contributed by atoms with van der Waals surface area (Å²) >= 11 is 0. The van der Waals surface area contributed by atoms with Crippen LogP contribution in [-0.2, 0) is 9.59 Å². The van der Waals surface area contributed by atoms with Gasteiger partial charge in [-0.05, 0) is 12.0 Å². The lowest BCUT2D eigenvalue weighted by Gasteiger charge is -2.11. The van der Waals surface area contributed by atoms with Crippen LogP contribution < -0.4 is 11.1 Å². The Morgan fingerprint density at radius 1 is 1.00 bits per heavy atom. The van der Waals surface area contributed by atoms with Crippen LogP contribution in [0.15, 0.2) is 30.3 Å². The number of nitrogens with two attached hydrogens (primary N) is 1. The van der Waals surface area contributed by atoms with Gasteiger partial charge in [-0.1, -0.05) is 75.8 Å². The topological polar surface area (TPSA) is 72.2 Å². The Morgan fingerprint density at radius 2 is 1.59 bits per heavy atom. The molecule has 0 aromatic heterocycles. The first-order chi connectivity index (χ1) is 10.6. The Bertz CT molecular complexity index is 446. The molecule has 0 heterocycles. The van der Waals surface area contributed by atoms with Gasteiger partial charge in [0.25, 0.3) is 0 Å². The molecule has 122 valence electrons. The van der Waals surface area contributed by atoms with Gasteiger partial charge in [0, 0.05) is 6.42 Å². The number of unbranched alkanes of at least 4 members (excludes halogenated alkanes) is 6. The SMILES string of the molecule is CCCCCCCCCC(=O)NC(=O)C(N)c1ccccc1. The maximum Gasteiger partial charge on any atom is 0.248 e. The third-order valence-corrected chi connectivity index (χ3v) is 3.71. The zero-order valence-corrected chi connectivity index (χ0v) is 13.5. The molecule has 0 saturated heterocycles. The zero-order valence-electron chi connectivity index (χ0n) is 13.5. The van der Waals surface area contributed by atoms with Crippen molar-refractivity contribution in [3.8, 4) is 0 Å². The lowest BCUT2D eigenvalue weighted by molar-refractivity contribution is -0.131. The smallest absolute Gasteiger partial charge is 0.248 e. The average Bonchev–Trinajstić information content (AvgIpc) is 2.54. The summed E-state index contributed by atoms with van der Waals surface area (Å²) in [5.41, 5.74) is 6.56. The largest absolute Gasteiger partial charge is 0.316 e. The summed E-state index contributed by atoms with van der Waals surface area (Å²) < 4.78 is 0. The first-order valence-electron chi connectivity index (χ1n) is 8.29. The number of imide groups is 1. The second-order valence-electron chi connectivity index (χ2n) is 5.67. The van der Waals surface area contributed by atoms with Crippen LogP contribution in [0, 0.1) is 0 Å². The molecule has 1 unspecified atom stereocenters. The van der Waals surface area contributed by atoms with Crippen LogP contribution in [0.25, 0.3) is 0 Å². The van der Waals surface area contributed by atoms with E-state index < -0.39 is 11.9 Å². The van der Waals surface area contributed by atoms with Crippen molar-refractivity contribution >= 4 is 11.8 Å². The van der Waals surface area contributed by atoms with Gasteiger partial charge in [-0.25, -0.2) is 0 Å². The van der Waals surface area contributed by atoms with Gasteiger partial charge >= 0.3 is 0 Å². The van der Waals surface area contributed by atoms with Crippen molar-refractivity contribution < 1.29 is 9.59 Å². The van der Waals surface area contributed by atoms with Crippen LogP contribution in [-0.4, -0.2) is 11.8 Å². The van der Waals surface area contributed by atoms with Crippen LogP contribution >= 0.6 is 0 Å². The van der Waals surface area contributed by atoms with Crippen molar-refractivity contribution in [1.82, 2.24) is 5.32 Å². The van der Waals surface area contributed by atoms with Crippen LogP contribution in [0.4, 0.5) is 0 Å². The van der Waals surface area contributed by atoms with Crippen LogP contribution in [0.3, 0.4) is 0 Å². The van der Waals surface area contributed by atoms with Gasteiger partial charge in [-0.15, -0.1) is 0 Å². The third kappa shape index (κ3) is 7.36. The Hall–Kier alpha value is -1.68. The van der Waals surface area contributed by atoms with Crippen LogP contribution in [0.1, 0.15) is 69.9 Å². The van der Waals surface area contributed by atoms with E-state index in [1.807, 2.05) is 18.2 Å². The molecule has 3 N–H and O–H groups in total. The van der Waals surface area contributed by atoms with Crippen molar-refractivity contribution in [2.45, 2.75) is 64.3 Å². The monoisotopic (exact) mass is 304 g/mol. The molecule has 0 bridgehead atoms. The molecule has 1 rings (SSSR count). The molecule has 0 aliphatic heterocycles. The number of hydrogen-bond acceptors (Lipinski definition) is 3. The molecule has 1 aromatic rings. The minimum absolute atomic E-state index is 0.232. The second-order valence-corrected chi connectivity index (χ2v) is 5.67. The molecule has 0 aliphatic carbocycles. The Labute approximate surface area is 133 Å². The third-order valence-electron chi connectivity index (χ3n) is 3.71. The Balaban J connectivity index is 2.17. The fourth-order valence-electron chi connectivity index (χ4n) is 2.33. The predicted octanol–water partition coefficient (Wildman–Crippen LogP) is 3.47. The predicted molar refractivity (Wildman–Crippen MR) is 89.1 cm³/mol. The van der Waals surface area contributed by atoms with E-state index in [2.05, 4.69) is 12.2 Å². The van der Waals surface area contributed by atoms with E-state index in [1.165, 1.54) is 25.7 Å². The Kier molecular flexibility index (Phi) is 9.15. The summed E-state index contributed by atoms with van der Waals surface area (Å²) in [6, 6.07) is 8.28. The number of nitrogens with one attached hydrogen (secondary N) is 1. The fraction of sp³-hybridized carbons (Fsp3) is 0.556. The highest BCUT2D eigenvalue weighted by atomic mass is 16.2. The number of amides is 2. The van der Waals surface area contributed by atoms with E-state index in [-0.39, 0.29) is 5.91 Å². The highest BCUT2D eigenvalue weighted by Gasteiger charge is 2.17. The summed E-state index contributed by atoms with van der Waals surface area (Å²) in [6.07, 6.45) is 8.44. The molecule has 0 saturated carbocycles. The Morgan fingerprint density at radius 3 is 2.23 bits per heavy atom. The molecule has 0 radical (unpaired) electrons. The summed E-state index contributed by atoms with van der Waals surface area (Å²) in [7, 11) is 0. The van der Waals surface area contributed by atoms with E-state index >= 15 is 0 Å². The van der Waals surface area contributed by atoms with Gasteiger partial charge in [-0.2, -0.15) is 0 Å². The van der Waals surface area contributed by atoms with E-state index in [1.54, 1.807) is 12.1 Å². The van der Waals surface area contributed by atoms with Crippen molar-refractivity contribution in [2.75, 3.05) is 0 Å².